The summed E-state index contributed by atoms with van der Waals surface area (Å²) < 4.78 is 27.6. The van der Waals surface area contributed by atoms with Gasteiger partial charge in [-0.15, -0.1) is 0 Å². The van der Waals surface area contributed by atoms with Crippen molar-refractivity contribution in [1.82, 2.24) is 9.62 Å². The lowest BCUT2D eigenvalue weighted by Gasteiger charge is -2.25. The summed E-state index contributed by atoms with van der Waals surface area (Å²) in [5.74, 6) is -0.403. The molecule has 1 N–H and O–H groups in total. The second-order valence-electron chi connectivity index (χ2n) is 8.31. The average Bonchev–Trinajstić information content (AvgIpc) is 3.22. The monoisotopic (exact) mass is 455 g/mol. The molecule has 2 aromatic rings. The topological polar surface area (TPSA) is 86.8 Å². The van der Waals surface area contributed by atoms with Crippen LogP contribution in [0.2, 0.25) is 0 Å². The van der Waals surface area contributed by atoms with Gasteiger partial charge in [0.05, 0.1) is 4.90 Å². The van der Waals surface area contributed by atoms with Crippen LogP contribution in [0.1, 0.15) is 31.2 Å². The zero-order valence-corrected chi connectivity index (χ0v) is 18.9. The van der Waals surface area contributed by atoms with Gasteiger partial charge in [-0.2, -0.15) is 4.31 Å². The maximum absolute atomic E-state index is 13.4. The highest BCUT2D eigenvalue weighted by Gasteiger charge is 2.31. The number of amides is 2. The van der Waals surface area contributed by atoms with Gasteiger partial charge < -0.3 is 10.2 Å². The maximum Gasteiger partial charge on any atom is 0.243 e. The number of para-hydroxylation sites is 1. The van der Waals surface area contributed by atoms with Crippen molar-refractivity contribution in [3.8, 4) is 0 Å². The number of fused-ring (bicyclic) bond motifs is 1. The van der Waals surface area contributed by atoms with Crippen LogP contribution >= 0.6 is 0 Å². The SMILES string of the molecule is O=C1CCN(S(=O)(=O)c2ccccc2)CCCC(C(=O)N2CCc3ccccc32)CCN1. The fourth-order valence-corrected chi connectivity index (χ4v) is 5.99. The molecule has 4 rings (SSSR count). The summed E-state index contributed by atoms with van der Waals surface area (Å²) in [5.41, 5.74) is 2.13. The number of rotatable bonds is 3. The number of carbonyl (C=O) groups excluding carboxylic acids is 2. The first kappa shape index (κ1) is 22.5. The smallest absolute Gasteiger partial charge is 0.243 e. The average molecular weight is 456 g/mol. The molecule has 0 radical (unpaired) electrons. The lowest BCUT2D eigenvalue weighted by atomic mass is 9.97. The molecule has 0 spiro atoms. The van der Waals surface area contributed by atoms with Crippen molar-refractivity contribution in [2.75, 3.05) is 31.1 Å². The van der Waals surface area contributed by atoms with Crippen LogP contribution in [0.3, 0.4) is 0 Å². The molecule has 7 nitrogen and oxygen atoms in total. The predicted octanol–water partition coefficient (Wildman–Crippen LogP) is 2.57. The van der Waals surface area contributed by atoms with Crippen LogP contribution < -0.4 is 10.2 Å². The summed E-state index contributed by atoms with van der Waals surface area (Å²) in [6.45, 7) is 1.48. The standard InChI is InChI=1S/C24H29N3O4S/c28-23-14-17-26(32(30,31)21-9-2-1-3-10-21)16-6-8-20(12-15-25-23)24(29)27-18-13-19-7-4-5-11-22(19)27/h1-5,7,9-11,20H,6,8,12-18H2,(H,25,28). The molecule has 32 heavy (non-hydrogen) atoms. The van der Waals surface area contributed by atoms with Crippen molar-refractivity contribution in [2.45, 2.75) is 37.0 Å². The molecule has 2 aliphatic rings. The number of hydrogen-bond donors (Lipinski definition) is 1. The van der Waals surface area contributed by atoms with Gasteiger partial charge in [0.25, 0.3) is 0 Å². The van der Waals surface area contributed by atoms with Crippen molar-refractivity contribution in [1.29, 1.82) is 0 Å². The molecule has 0 aromatic heterocycles. The van der Waals surface area contributed by atoms with Gasteiger partial charge in [0.15, 0.2) is 0 Å². The van der Waals surface area contributed by atoms with Crippen LogP contribution in [0.25, 0.3) is 0 Å². The van der Waals surface area contributed by atoms with E-state index in [2.05, 4.69) is 5.32 Å². The minimum Gasteiger partial charge on any atom is -0.356 e. The lowest BCUT2D eigenvalue weighted by Crippen LogP contribution is -2.37. The third-order valence-corrected chi connectivity index (χ3v) is 8.16. The zero-order chi connectivity index (χ0) is 22.6. The molecule has 2 amide bonds. The maximum atomic E-state index is 13.4. The van der Waals surface area contributed by atoms with Gasteiger partial charge in [-0.1, -0.05) is 36.4 Å². The van der Waals surface area contributed by atoms with E-state index >= 15 is 0 Å². The molecule has 0 aliphatic carbocycles. The molecule has 170 valence electrons. The number of nitrogens with zero attached hydrogens (tertiary/aromatic N) is 2. The van der Waals surface area contributed by atoms with Crippen molar-refractivity contribution in [3.05, 3.63) is 60.2 Å². The molecule has 8 heteroatoms. The first-order valence-electron chi connectivity index (χ1n) is 11.2. The van der Waals surface area contributed by atoms with Gasteiger partial charge in [0.2, 0.25) is 21.8 Å². The molecule has 2 aliphatic heterocycles. The summed E-state index contributed by atoms with van der Waals surface area (Å²) in [5, 5.41) is 2.86. The summed E-state index contributed by atoms with van der Waals surface area (Å²) in [6, 6.07) is 16.2. The van der Waals surface area contributed by atoms with E-state index < -0.39 is 10.0 Å². The Balaban J connectivity index is 1.50. The van der Waals surface area contributed by atoms with Crippen LogP contribution in [0.15, 0.2) is 59.5 Å². The first-order chi connectivity index (χ1) is 15.5. The molecular weight excluding hydrogens is 426 g/mol. The zero-order valence-electron chi connectivity index (χ0n) is 18.1. The third-order valence-electron chi connectivity index (χ3n) is 6.25. The molecule has 0 bridgehead atoms. The Labute approximate surface area is 189 Å². The Morgan fingerprint density at radius 3 is 2.47 bits per heavy atom. The second-order valence-corrected chi connectivity index (χ2v) is 10.3. The van der Waals surface area contributed by atoms with Gasteiger partial charge in [0, 0.05) is 44.2 Å². The largest absolute Gasteiger partial charge is 0.356 e. The molecule has 0 saturated carbocycles. The quantitative estimate of drug-likeness (QED) is 0.771. The fourth-order valence-electron chi connectivity index (χ4n) is 4.49. The number of anilines is 1. The van der Waals surface area contributed by atoms with Crippen molar-refractivity contribution in [3.63, 3.8) is 0 Å². The summed E-state index contributed by atoms with van der Waals surface area (Å²) >= 11 is 0. The van der Waals surface area contributed by atoms with Crippen LogP contribution in [0, 0.1) is 5.92 Å². The van der Waals surface area contributed by atoms with Gasteiger partial charge in [-0.25, -0.2) is 8.42 Å². The van der Waals surface area contributed by atoms with E-state index in [0.29, 0.717) is 32.4 Å². The van der Waals surface area contributed by atoms with E-state index in [9.17, 15) is 18.0 Å². The molecule has 1 saturated heterocycles. The second kappa shape index (κ2) is 9.83. The van der Waals surface area contributed by atoms with Crippen molar-refractivity contribution >= 4 is 27.5 Å². The number of hydrogen-bond acceptors (Lipinski definition) is 4. The normalized spacial score (nSPS) is 20.8. The van der Waals surface area contributed by atoms with E-state index in [-0.39, 0.29) is 42.1 Å². The van der Waals surface area contributed by atoms with Gasteiger partial charge in [0.1, 0.15) is 0 Å². The summed E-state index contributed by atoms with van der Waals surface area (Å²) in [4.78, 5) is 27.7. The molecule has 1 atom stereocenters. The van der Waals surface area contributed by atoms with E-state index in [1.165, 1.54) is 9.87 Å². The predicted molar refractivity (Wildman–Crippen MR) is 123 cm³/mol. The molecular formula is C24H29N3O4S. The van der Waals surface area contributed by atoms with Gasteiger partial charge in [-0.05, 0) is 49.4 Å². The third kappa shape index (κ3) is 4.86. The van der Waals surface area contributed by atoms with Crippen LogP contribution in [0.5, 0.6) is 0 Å². The first-order valence-corrected chi connectivity index (χ1v) is 12.6. The highest BCUT2D eigenvalue weighted by Crippen LogP contribution is 2.30. The van der Waals surface area contributed by atoms with E-state index in [1.54, 1.807) is 30.3 Å². The molecule has 2 heterocycles. The Morgan fingerprint density at radius 2 is 1.66 bits per heavy atom. The van der Waals surface area contributed by atoms with E-state index in [0.717, 1.165) is 12.1 Å². The number of carbonyl (C=O) groups is 2. The minimum absolute atomic E-state index is 0.0564. The van der Waals surface area contributed by atoms with E-state index in [4.69, 9.17) is 0 Å². The van der Waals surface area contributed by atoms with Crippen LogP contribution in [-0.4, -0.2) is 50.7 Å². The van der Waals surface area contributed by atoms with Crippen molar-refractivity contribution < 1.29 is 18.0 Å². The Hall–Kier alpha value is -2.71. The highest BCUT2D eigenvalue weighted by atomic mass is 32.2. The number of nitrogens with one attached hydrogen (secondary N) is 1. The Morgan fingerprint density at radius 1 is 0.906 bits per heavy atom. The van der Waals surface area contributed by atoms with Crippen molar-refractivity contribution in [2.24, 2.45) is 5.92 Å². The fraction of sp³-hybridized carbons (Fsp3) is 0.417. The van der Waals surface area contributed by atoms with E-state index in [1.807, 2.05) is 29.2 Å². The van der Waals surface area contributed by atoms with Gasteiger partial charge >= 0.3 is 0 Å². The highest BCUT2D eigenvalue weighted by molar-refractivity contribution is 7.89. The summed E-state index contributed by atoms with van der Waals surface area (Å²) in [7, 11) is -3.70. The number of benzene rings is 2. The Kier molecular flexibility index (Phi) is 6.91. The molecule has 2 aromatic carbocycles. The lowest BCUT2D eigenvalue weighted by molar-refractivity contribution is -0.124. The summed E-state index contributed by atoms with van der Waals surface area (Å²) in [6.07, 6.45) is 2.63. The van der Waals surface area contributed by atoms with Gasteiger partial charge in [-0.3, -0.25) is 9.59 Å². The van der Waals surface area contributed by atoms with Crippen LogP contribution in [0.4, 0.5) is 5.69 Å². The number of sulfonamides is 1. The molecule has 1 unspecified atom stereocenters. The van der Waals surface area contributed by atoms with Crippen LogP contribution in [-0.2, 0) is 26.0 Å². The Bertz CT molecular complexity index is 1070. The molecule has 1 fully saturated rings. The minimum atomic E-state index is -3.70.